The number of carbonyl (C=O) groups is 3. The molecular weight excluding hydrogens is 364 g/mol. The van der Waals surface area contributed by atoms with E-state index >= 15 is 0 Å². The maximum absolute atomic E-state index is 12.4. The van der Waals surface area contributed by atoms with Crippen molar-refractivity contribution in [2.75, 3.05) is 24.9 Å². The summed E-state index contributed by atoms with van der Waals surface area (Å²) >= 11 is 0. The van der Waals surface area contributed by atoms with E-state index in [0.29, 0.717) is 17.1 Å². The van der Waals surface area contributed by atoms with Gasteiger partial charge in [0.1, 0.15) is 5.56 Å². The van der Waals surface area contributed by atoms with Gasteiger partial charge in [-0.1, -0.05) is 6.07 Å². The molecule has 2 rings (SSSR count). The fraction of sp³-hybridized carbons (Fsp3) is 0.250. The summed E-state index contributed by atoms with van der Waals surface area (Å²) in [7, 11) is 2.87. The van der Waals surface area contributed by atoms with Gasteiger partial charge in [0, 0.05) is 18.3 Å². The molecule has 28 heavy (non-hydrogen) atoms. The minimum atomic E-state index is -1.04. The van der Waals surface area contributed by atoms with E-state index in [1.165, 1.54) is 34.1 Å². The molecule has 0 saturated heterocycles. The molecule has 2 aromatic rings. The Balaban J connectivity index is 2.02. The fourth-order valence-electron chi connectivity index (χ4n) is 2.41. The molecule has 0 spiro atoms. The molecule has 8 nitrogen and oxygen atoms in total. The van der Waals surface area contributed by atoms with Crippen molar-refractivity contribution in [1.82, 2.24) is 0 Å². The molecule has 0 bridgehead atoms. The summed E-state index contributed by atoms with van der Waals surface area (Å²) in [4.78, 5) is 35.8. The maximum atomic E-state index is 12.4. The van der Waals surface area contributed by atoms with Crippen molar-refractivity contribution in [3.05, 3.63) is 48.0 Å². The lowest BCUT2D eigenvalue weighted by molar-refractivity contribution is -0.123. The normalized spacial score (nSPS) is 11.1. The van der Waals surface area contributed by atoms with Gasteiger partial charge in [-0.2, -0.15) is 0 Å². The lowest BCUT2D eigenvalue weighted by Gasteiger charge is -2.16. The first-order valence-corrected chi connectivity index (χ1v) is 8.46. The molecule has 2 N–H and O–H groups in total. The molecule has 0 aliphatic rings. The van der Waals surface area contributed by atoms with Crippen molar-refractivity contribution in [2.45, 2.75) is 20.0 Å². The van der Waals surface area contributed by atoms with E-state index in [9.17, 15) is 14.4 Å². The van der Waals surface area contributed by atoms with Crippen LogP contribution in [0.4, 0.5) is 11.4 Å². The highest BCUT2D eigenvalue weighted by molar-refractivity contribution is 5.99. The predicted molar refractivity (Wildman–Crippen MR) is 104 cm³/mol. The Hall–Kier alpha value is -3.55. The Kier molecular flexibility index (Phi) is 6.97. The summed E-state index contributed by atoms with van der Waals surface area (Å²) in [5.41, 5.74) is 1.26. The molecule has 8 heteroatoms. The second-order valence-electron chi connectivity index (χ2n) is 5.84. The van der Waals surface area contributed by atoms with Gasteiger partial charge in [-0.3, -0.25) is 9.59 Å². The predicted octanol–water partition coefficient (Wildman–Crippen LogP) is 2.85. The second kappa shape index (κ2) is 9.40. The molecule has 0 heterocycles. The highest BCUT2D eigenvalue weighted by Gasteiger charge is 2.23. The van der Waals surface area contributed by atoms with Gasteiger partial charge in [-0.05, 0) is 43.3 Å². The molecule has 2 aromatic carbocycles. The van der Waals surface area contributed by atoms with Gasteiger partial charge in [-0.25, -0.2) is 4.79 Å². The van der Waals surface area contributed by atoms with E-state index in [1.807, 2.05) is 0 Å². The zero-order valence-electron chi connectivity index (χ0n) is 16.1. The van der Waals surface area contributed by atoms with Crippen LogP contribution in [0.3, 0.4) is 0 Å². The third-order valence-corrected chi connectivity index (χ3v) is 3.75. The van der Waals surface area contributed by atoms with E-state index in [1.54, 1.807) is 36.4 Å². The summed E-state index contributed by atoms with van der Waals surface area (Å²) in [6, 6.07) is 11.3. The van der Waals surface area contributed by atoms with Gasteiger partial charge < -0.3 is 24.8 Å². The van der Waals surface area contributed by atoms with E-state index in [-0.39, 0.29) is 17.2 Å². The first-order valence-electron chi connectivity index (χ1n) is 8.46. The van der Waals surface area contributed by atoms with Crippen LogP contribution < -0.4 is 20.1 Å². The summed E-state index contributed by atoms with van der Waals surface area (Å²) in [6.45, 7) is 2.87. The molecule has 0 aromatic heterocycles. The van der Waals surface area contributed by atoms with Crippen LogP contribution >= 0.6 is 0 Å². The number of esters is 1. The highest BCUT2D eigenvalue weighted by Crippen LogP contribution is 2.31. The first kappa shape index (κ1) is 20.8. The van der Waals surface area contributed by atoms with Gasteiger partial charge in [0.2, 0.25) is 5.91 Å². The number of hydrogen-bond donors (Lipinski definition) is 2. The Bertz CT molecular complexity index is 863. The zero-order valence-corrected chi connectivity index (χ0v) is 16.1. The molecule has 0 aliphatic carbocycles. The number of nitrogens with one attached hydrogen (secondary N) is 2. The summed E-state index contributed by atoms with van der Waals surface area (Å²) in [5.74, 6) is -0.781. The molecule has 1 atom stereocenters. The number of para-hydroxylation sites is 1. The third-order valence-electron chi connectivity index (χ3n) is 3.75. The number of anilines is 2. The van der Waals surface area contributed by atoms with Crippen LogP contribution in [-0.2, 0) is 14.3 Å². The molecule has 0 fully saturated rings. The van der Waals surface area contributed by atoms with E-state index in [0.717, 1.165) is 0 Å². The zero-order chi connectivity index (χ0) is 20.7. The van der Waals surface area contributed by atoms with Crippen molar-refractivity contribution >= 4 is 29.2 Å². The maximum Gasteiger partial charge on any atom is 0.342 e. The Labute approximate surface area is 162 Å². The third kappa shape index (κ3) is 5.23. The van der Waals surface area contributed by atoms with Crippen LogP contribution in [0.25, 0.3) is 0 Å². The van der Waals surface area contributed by atoms with Gasteiger partial charge in [-0.15, -0.1) is 0 Å². The van der Waals surface area contributed by atoms with Crippen molar-refractivity contribution < 1.29 is 28.6 Å². The largest absolute Gasteiger partial charge is 0.493 e. The average Bonchev–Trinajstić information content (AvgIpc) is 2.68. The molecule has 2 amide bonds. The van der Waals surface area contributed by atoms with E-state index < -0.39 is 18.0 Å². The lowest BCUT2D eigenvalue weighted by Crippen LogP contribution is -2.30. The van der Waals surface area contributed by atoms with Crippen molar-refractivity contribution in [3.63, 3.8) is 0 Å². The molecular formula is C20H22N2O6. The van der Waals surface area contributed by atoms with Gasteiger partial charge in [0.25, 0.3) is 5.91 Å². The molecule has 0 radical (unpaired) electrons. The number of rotatable bonds is 7. The molecule has 0 aliphatic heterocycles. The fourth-order valence-corrected chi connectivity index (χ4v) is 2.41. The Morgan fingerprint density at radius 3 is 2.04 bits per heavy atom. The number of hydrogen-bond acceptors (Lipinski definition) is 6. The number of methoxy groups -OCH3 is 2. The Morgan fingerprint density at radius 2 is 1.50 bits per heavy atom. The van der Waals surface area contributed by atoms with Crippen LogP contribution in [0.2, 0.25) is 0 Å². The minimum Gasteiger partial charge on any atom is -0.493 e. The van der Waals surface area contributed by atoms with Gasteiger partial charge in [0.05, 0.1) is 14.2 Å². The van der Waals surface area contributed by atoms with Crippen LogP contribution in [-0.4, -0.2) is 38.1 Å². The lowest BCUT2D eigenvalue weighted by atomic mass is 10.2. The van der Waals surface area contributed by atoms with Crippen LogP contribution in [0.1, 0.15) is 24.2 Å². The van der Waals surface area contributed by atoms with Gasteiger partial charge in [0.15, 0.2) is 17.6 Å². The minimum absolute atomic E-state index is 0.154. The average molecular weight is 386 g/mol. The Morgan fingerprint density at radius 1 is 0.893 bits per heavy atom. The summed E-state index contributed by atoms with van der Waals surface area (Å²) in [5, 5.41) is 5.27. The van der Waals surface area contributed by atoms with Crippen LogP contribution in [0.5, 0.6) is 11.5 Å². The SMILES string of the molecule is COc1cccc(C(=O)O[C@@H](C)C(=O)Nc2ccc(NC(C)=O)cc2)c1OC. The van der Waals surface area contributed by atoms with Crippen molar-refractivity contribution in [2.24, 2.45) is 0 Å². The smallest absolute Gasteiger partial charge is 0.342 e. The highest BCUT2D eigenvalue weighted by atomic mass is 16.6. The van der Waals surface area contributed by atoms with Crippen LogP contribution in [0.15, 0.2) is 42.5 Å². The molecule has 148 valence electrons. The number of ether oxygens (including phenoxy) is 3. The topological polar surface area (TPSA) is 103 Å². The first-order chi connectivity index (χ1) is 13.3. The second-order valence-corrected chi connectivity index (χ2v) is 5.84. The van der Waals surface area contributed by atoms with E-state index in [2.05, 4.69) is 10.6 Å². The summed E-state index contributed by atoms with van der Waals surface area (Å²) < 4.78 is 15.6. The standard InChI is InChI=1S/C20H22N2O6/c1-12(19(24)22-15-10-8-14(9-11-15)21-13(2)23)28-20(25)16-6-5-7-17(26-3)18(16)27-4/h5-12H,1-4H3,(H,21,23)(H,22,24)/t12-/m0/s1. The number of carbonyl (C=O) groups excluding carboxylic acids is 3. The van der Waals surface area contributed by atoms with Crippen molar-refractivity contribution in [3.8, 4) is 11.5 Å². The molecule has 0 saturated carbocycles. The van der Waals surface area contributed by atoms with Crippen molar-refractivity contribution in [1.29, 1.82) is 0 Å². The van der Waals surface area contributed by atoms with E-state index in [4.69, 9.17) is 14.2 Å². The number of benzene rings is 2. The van der Waals surface area contributed by atoms with Gasteiger partial charge >= 0.3 is 5.97 Å². The molecule has 0 unspecified atom stereocenters. The monoisotopic (exact) mass is 386 g/mol. The summed E-state index contributed by atoms with van der Waals surface area (Å²) in [6.07, 6.45) is -1.04. The van der Waals surface area contributed by atoms with Crippen LogP contribution in [0, 0.1) is 0 Å². The quantitative estimate of drug-likeness (QED) is 0.710. The number of amides is 2.